The highest BCUT2D eigenvalue weighted by molar-refractivity contribution is 5.92. The van der Waals surface area contributed by atoms with E-state index in [0.29, 0.717) is 11.5 Å². The van der Waals surface area contributed by atoms with Gasteiger partial charge in [0.2, 0.25) is 5.95 Å². The fourth-order valence-corrected chi connectivity index (χ4v) is 3.16. The van der Waals surface area contributed by atoms with E-state index in [0.717, 1.165) is 29.0 Å². The van der Waals surface area contributed by atoms with Crippen molar-refractivity contribution in [2.24, 2.45) is 7.05 Å². The molecule has 0 fully saturated rings. The molecule has 0 aliphatic heterocycles. The Hall–Kier alpha value is -4.35. The first-order chi connectivity index (χ1) is 16.2. The highest BCUT2D eigenvalue weighted by Gasteiger charge is 2.32. The molecule has 1 amide bonds. The molecule has 0 saturated carbocycles. The Balaban J connectivity index is 1.49. The predicted octanol–water partition coefficient (Wildman–Crippen LogP) is 3.67. The second kappa shape index (κ2) is 9.25. The Kier molecular flexibility index (Phi) is 6.21. The highest BCUT2D eigenvalue weighted by atomic mass is 19.4. The van der Waals surface area contributed by atoms with Gasteiger partial charge in [0.25, 0.3) is 5.91 Å². The third-order valence-corrected chi connectivity index (χ3v) is 4.82. The summed E-state index contributed by atoms with van der Waals surface area (Å²) in [6, 6.07) is 9.53. The van der Waals surface area contributed by atoms with Crippen LogP contribution in [0.4, 0.5) is 24.8 Å². The Morgan fingerprint density at radius 1 is 1.06 bits per heavy atom. The molecular weight excluding hydrogens is 449 g/mol. The molecular formula is C22H19F3N8O. The van der Waals surface area contributed by atoms with Crippen LogP contribution >= 0.6 is 0 Å². The minimum atomic E-state index is -4.56. The van der Waals surface area contributed by atoms with Gasteiger partial charge in [0.05, 0.1) is 6.54 Å². The van der Waals surface area contributed by atoms with Crippen molar-refractivity contribution in [2.45, 2.75) is 19.6 Å². The van der Waals surface area contributed by atoms with E-state index >= 15 is 0 Å². The molecule has 9 nitrogen and oxygen atoms in total. The lowest BCUT2D eigenvalue weighted by atomic mass is 10.0. The van der Waals surface area contributed by atoms with Crippen molar-refractivity contribution in [2.75, 3.05) is 5.32 Å². The first-order valence-corrected chi connectivity index (χ1v) is 10.1. The minimum absolute atomic E-state index is 0.167. The van der Waals surface area contributed by atoms with E-state index in [1.807, 2.05) is 13.0 Å². The molecule has 0 aliphatic rings. The maximum Gasteiger partial charge on any atom is 0.433 e. The van der Waals surface area contributed by atoms with Gasteiger partial charge in [0.1, 0.15) is 23.5 Å². The first-order valence-electron chi connectivity index (χ1n) is 10.1. The van der Waals surface area contributed by atoms with Crippen LogP contribution in [0.1, 0.15) is 27.6 Å². The number of aryl methyl sites for hydroxylation is 2. The molecule has 174 valence electrons. The number of carbonyl (C=O) groups excluding carboxylic acids is 1. The average molecular weight is 468 g/mol. The highest BCUT2D eigenvalue weighted by Crippen LogP contribution is 2.29. The van der Waals surface area contributed by atoms with Crippen LogP contribution in [0.2, 0.25) is 0 Å². The fourth-order valence-electron chi connectivity index (χ4n) is 3.16. The summed E-state index contributed by atoms with van der Waals surface area (Å²) < 4.78 is 40.3. The molecule has 0 aliphatic carbocycles. The molecule has 2 N–H and O–H groups in total. The van der Waals surface area contributed by atoms with Crippen molar-refractivity contribution in [1.29, 1.82) is 0 Å². The average Bonchev–Trinajstić information content (AvgIpc) is 3.21. The van der Waals surface area contributed by atoms with Gasteiger partial charge in [-0.15, -0.1) is 0 Å². The number of amides is 1. The van der Waals surface area contributed by atoms with Crippen LogP contribution in [-0.4, -0.2) is 35.6 Å². The zero-order chi connectivity index (χ0) is 24.3. The van der Waals surface area contributed by atoms with E-state index in [9.17, 15) is 18.0 Å². The van der Waals surface area contributed by atoms with E-state index < -0.39 is 11.9 Å². The number of carbonyl (C=O) groups is 1. The molecule has 4 aromatic rings. The summed E-state index contributed by atoms with van der Waals surface area (Å²) >= 11 is 0. The van der Waals surface area contributed by atoms with Crippen molar-refractivity contribution in [3.63, 3.8) is 0 Å². The monoisotopic (exact) mass is 468 g/mol. The van der Waals surface area contributed by atoms with E-state index in [-0.39, 0.29) is 24.1 Å². The summed E-state index contributed by atoms with van der Waals surface area (Å²) in [5.74, 6) is 0.0804. The molecule has 0 atom stereocenters. The van der Waals surface area contributed by atoms with Gasteiger partial charge in [-0.3, -0.25) is 14.5 Å². The number of anilines is 2. The van der Waals surface area contributed by atoms with Gasteiger partial charge < -0.3 is 10.6 Å². The number of hydrogen-bond acceptors (Lipinski definition) is 7. The molecule has 0 radical (unpaired) electrons. The lowest BCUT2D eigenvalue weighted by molar-refractivity contribution is -0.141. The Morgan fingerprint density at radius 2 is 1.88 bits per heavy atom. The normalized spacial score (nSPS) is 11.3. The third-order valence-electron chi connectivity index (χ3n) is 4.82. The second-order valence-electron chi connectivity index (χ2n) is 7.39. The maximum atomic E-state index is 12.9. The quantitative estimate of drug-likeness (QED) is 0.444. The van der Waals surface area contributed by atoms with Gasteiger partial charge in [-0.2, -0.15) is 18.3 Å². The lowest BCUT2D eigenvalue weighted by Crippen LogP contribution is -2.25. The number of nitrogens with zero attached hydrogens (tertiary/aromatic N) is 6. The minimum Gasteiger partial charge on any atom is -0.343 e. The van der Waals surface area contributed by atoms with E-state index in [1.54, 1.807) is 42.2 Å². The van der Waals surface area contributed by atoms with Crippen molar-refractivity contribution < 1.29 is 18.0 Å². The second-order valence-corrected chi connectivity index (χ2v) is 7.39. The maximum absolute atomic E-state index is 12.9. The van der Waals surface area contributed by atoms with Crippen LogP contribution in [0.25, 0.3) is 11.1 Å². The first kappa shape index (κ1) is 22.8. The molecule has 0 bridgehead atoms. The number of nitrogens with one attached hydrogen (secondary N) is 2. The Bertz CT molecular complexity index is 1320. The predicted molar refractivity (Wildman–Crippen MR) is 117 cm³/mol. The van der Waals surface area contributed by atoms with E-state index in [1.165, 1.54) is 6.33 Å². The summed E-state index contributed by atoms with van der Waals surface area (Å²) in [5, 5.41) is 9.49. The molecule has 34 heavy (non-hydrogen) atoms. The largest absolute Gasteiger partial charge is 0.433 e. The SMILES string of the molecule is Cc1cc(Nc2nccc(C(F)(F)F)n2)cc(-c2ccc(C(=O)NCc3ncnn3C)nc2)c1. The number of aromatic nitrogens is 6. The number of benzene rings is 1. The third kappa shape index (κ3) is 5.34. The van der Waals surface area contributed by atoms with Crippen LogP contribution in [0.5, 0.6) is 0 Å². The summed E-state index contributed by atoms with van der Waals surface area (Å²) in [6.07, 6.45) is -0.562. The van der Waals surface area contributed by atoms with Crippen molar-refractivity contribution in [3.05, 3.63) is 77.9 Å². The summed E-state index contributed by atoms with van der Waals surface area (Å²) in [6.45, 7) is 2.06. The molecule has 12 heteroatoms. The number of pyridine rings is 1. The van der Waals surface area contributed by atoms with Gasteiger partial charge in [-0.05, 0) is 42.3 Å². The number of rotatable bonds is 6. The van der Waals surface area contributed by atoms with Crippen molar-refractivity contribution in [3.8, 4) is 11.1 Å². The van der Waals surface area contributed by atoms with Crippen LogP contribution in [0.3, 0.4) is 0 Å². The number of halogens is 3. The summed E-state index contributed by atoms with van der Waals surface area (Å²) in [4.78, 5) is 28.0. The van der Waals surface area contributed by atoms with Crippen molar-refractivity contribution >= 4 is 17.5 Å². The zero-order valence-electron chi connectivity index (χ0n) is 18.1. The molecule has 1 aromatic carbocycles. The van der Waals surface area contributed by atoms with Crippen LogP contribution in [-0.2, 0) is 19.8 Å². The zero-order valence-corrected chi connectivity index (χ0v) is 18.1. The van der Waals surface area contributed by atoms with Crippen LogP contribution < -0.4 is 10.6 Å². The fraction of sp³-hybridized carbons (Fsp3) is 0.182. The van der Waals surface area contributed by atoms with Gasteiger partial charge in [-0.1, -0.05) is 12.1 Å². The van der Waals surface area contributed by atoms with Crippen LogP contribution in [0, 0.1) is 6.92 Å². The summed E-state index contributed by atoms with van der Waals surface area (Å²) in [7, 11) is 1.73. The molecule has 4 rings (SSSR count). The molecule has 3 aromatic heterocycles. The Morgan fingerprint density at radius 3 is 2.56 bits per heavy atom. The van der Waals surface area contributed by atoms with Gasteiger partial charge >= 0.3 is 6.18 Å². The van der Waals surface area contributed by atoms with Crippen molar-refractivity contribution in [1.82, 2.24) is 35.0 Å². The lowest BCUT2D eigenvalue weighted by Gasteiger charge is -2.11. The molecule has 0 spiro atoms. The van der Waals surface area contributed by atoms with E-state index in [2.05, 4.69) is 35.7 Å². The molecule has 0 saturated heterocycles. The number of hydrogen-bond donors (Lipinski definition) is 2. The molecule has 0 unspecified atom stereocenters. The van der Waals surface area contributed by atoms with Gasteiger partial charge in [-0.25, -0.2) is 15.0 Å². The standard InChI is InChI=1S/C22H19F3N8O/c1-13-7-15(9-16(8-13)31-21-26-6-5-18(32-21)22(23,24)25)14-3-4-17(27-10-14)20(34)28-11-19-29-12-30-33(19)2/h3-10,12H,11H2,1-2H3,(H,28,34)(H,26,31,32). The molecule has 3 heterocycles. The van der Waals surface area contributed by atoms with E-state index in [4.69, 9.17) is 0 Å². The topological polar surface area (TPSA) is 111 Å². The van der Waals surface area contributed by atoms with Gasteiger partial charge in [0, 0.05) is 30.7 Å². The van der Waals surface area contributed by atoms with Crippen LogP contribution in [0.15, 0.2) is 55.1 Å². The summed E-state index contributed by atoms with van der Waals surface area (Å²) in [5.41, 5.74) is 2.05. The van der Waals surface area contributed by atoms with Gasteiger partial charge in [0.15, 0.2) is 0 Å². The Labute approximate surface area is 192 Å². The smallest absolute Gasteiger partial charge is 0.343 e. The number of alkyl halides is 3.